The van der Waals surface area contributed by atoms with Crippen molar-refractivity contribution in [2.24, 2.45) is 0 Å². The minimum absolute atomic E-state index is 0.0630. The van der Waals surface area contributed by atoms with Crippen LogP contribution in [0.25, 0.3) is 5.95 Å². The molecule has 0 aliphatic heterocycles. The van der Waals surface area contributed by atoms with E-state index in [1.807, 2.05) is 0 Å². The summed E-state index contributed by atoms with van der Waals surface area (Å²) in [5.41, 5.74) is -1.33. The van der Waals surface area contributed by atoms with Crippen molar-refractivity contribution < 1.29 is 27.9 Å². The van der Waals surface area contributed by atoms with Gasteiger partial charge in [0.1, 0.15) is 11.4 Å². The summed E-state index contributed by atoms with van der Waals surface area (Å²) < 4.78 is 38.4. The molecule has 1 aliphatic carbocycles. The number of carbonyl (C=O) groups excluding carboxylic acids is 1. The maximum absolute atomic E-state index is 12.5. The lowest BCUT2D eigenvalue weighted by Gasteiger charge is -2.09. The molecule has 0 radical (unpaired) electrons. The van der Waals surface area contributed by atoms with Gasteiger partial charge in [0, 0.05) is 0 Å². The van der Waals surface area contributed by atoms with Crippen molar-refractivity contribution in [1.29, 1.82) is 0 Å². The SMILES string of the molecule is Cc1nc(C(=O)NC2(C(=O)O)CC2)nn1-c1n[nH]c(C(F)(F)F)n1. The van der Waals surface area contributed by atoms with Crippen molar-refractivity contribution in [1.82, 2.24) is 35.3 Å². The number of nitrogens with zero attached hydrogens (tertiary/aromatic N) is 5. The highest BCUT2D eigenvalue weighted by Crippen LogP contribution is 2.35. The van der Waals surface area contributed by atoms with Crippen LogP contribution in [-0.4, -0.2) is 52.5 Å². The van der Waals surface area contributed by atoms with Crippen LogP contribution in [0, 0.1) is 6.92 Å². The molecule has 3 rings (SSSR count). The molecule has 13 heteroatoms. The fourth-order valence-electron chi connectivity index (χ4n) is 1.94. The van der Waals surface area contributed by atoms with Crippen LogP contribution in [-0.2, 0) is 11.0 Å². The fraction of sp³-hybridized carbons (Fsp3) is 0.455. The van der Waals surface area contributed by atoms with Crippen LogP contribution < -0.4 is 5.32 Å². The van der Waals surface area contributed by atoms with Gasteiger partial charge in [0.15, 0.2) is 0 Å². The number of alkyl halides is 3. The Morgan fingerprint density at radius 2 is 2.00 bits per heavy atom. The van der Waals surface area contributed by atoms with Gasteiger partial charge in [-0.1, -0.05) is 0 Å². The first-order valence-electron chi connectivity index (χ1n) is 6.62. The number of aromatic nitrogens is 6. The van der Waals surface area contributed by atoms with Crippen molar-refractivity contribution in [2.45, 2.75) is 31.5 Å². The maximum atomic E-state index is 12.5. The normalized spacial score (nSPS) is 16.0. The number of halogens is 3. The van der Waals surface area contributed by atoms with E-state index in [1.54, 1.807) is 5.10 Å². The van der Waals surface area contributed by atoms with Gasteiger partial charge in [-0.15, -0.1) is 10.2 Å². The van der Waals surface area contributed by atoms with Crippen LogP contribution in [0.2, 0.25) is 0 Å². The first-order chi connectivity index (χ1) is 11.1. The summed E-state index contributed by atoms with van der Waals surface area (Å²) in [6.45, 7) is 1.39. The molecule has 1 saturated carbocycles. The molecule has 2 aromatic heterocycles. The first kappa shape index (κ1) is 15.9. The zero-order valence-corrected chi connectivity index (χ0v) is 12.0. The molecule has 10 nitrogen and oxygen atoms in total. The number of aliphatic carboxylic acids is 1. The van der Waals surface area contributed by atoms with Crippen LogP contribution in [0.5, 0.6) is 0 Å². The van der Waals surface area contributed by atoms with Crippen LogP contribution in [0.3, 0.4) is 0 Å². The molecule has 3 N–H and O–H groups in total. The maximum Gasteiger partial charge on any atom is 0.451 e. The topological polar surface area (TPSA) is 139 Å². The average Bonchev–Trinajstić information content (AvgIpc) is 2.93. The number of carboxylic acids is 1. The van der Waals surface area contributed by atoms with Crippen molar-refractivity contribution in [3.63, 3.8) is 0 Å². The minimum atomic E-state index is -4.71. The van der Waals surface area contributed by atoms with Crippen molar-refractivity contribution in [3.8, 4) is 5.95 Å². The Kier molecular flexibility index (Phi) is 3.31. The van der Waals surface area contributed by atoms with E-state index < -0.39 is 41.2 Å². The van der Waals surface area contributed by atoms with E-state index in [1.165, 1.54) is 6.92 Å². The average molecular weight is 345 g/mol. The number of hydrogen-bond acceptors (Lipinski definition) is 6. The molecule has 0 unspecified atom stereocenters. The van der Waals surface area contributed by atoms with E-state index in [4.69, 9.17) is 5.11 Å². The molecule has 0 spiro atoms. The highest BCUT2D eigenvalue weighted by molar-refractivity contribution is 5.96. The highest BCUT2D eigenvalue weighted by Gasteiger charge is 2.52. The van der Waals surface area contributed by atoms with Gasteiger partial charge in [0.05, 0.1) is 0 Å². The Bertz CT molecular complexity index is 821. The predicted molar refractivity (Wildman–Crippen MR) is 68.1 cm³/mol. The fourth-order valence-corrected chi connectivity index (χ4v) is 1.94. The Morgan fingerprint density at radius 3 is 2.50 bits per heavy atom. The summed E-state index contributed by atoms with van der Waals surface area (Å²) in [7, 11) is 0. The minimum Gasteiger partial charge on any atom is -0.480 e. The summed E-state index contributed by atoms with van der Waals surface area (Å²) in [5.74, 6) is -4.10. The summed E-state index contributed by atoms with van der Waals surface area (Å²) in [6.07, 6.45) is -4.15. The molecule has 0 atom stereocenters. The van der Waals surface area contributed by atoms with Gasteiger partial charge in [0.25, 0.3) is 11.9 Å². The third-order valence-corrected chi connectivity index (χ3v) is 3.42. The lowest BCUT2D eigenvalue weighted by molar-refractivity contribution is -0.144. The van der Waals surface area contributed by atoms with Gasteiger partial charge in [-0.05, 0) is 19.8 Å². The number of hydrogen-bond donors (Lipinski definition) is 3. The van der Waals surface area contributed by atoms with Gasteiger partial charge < -0.3 is 10.4 Å². The number of aromatic amines is 1. The molecular weight excluding hydrogens is 335 g/mol. The molecule has 0 bridgehead atoms. The Labute approximate surface area is 131 Å². The number of carboxylic acid groups (broad SMARTS) is 1. The summed E-state index contributed by atoms with van der Waals surface area (Å²) >= 11 is 0. The zero-order chi connectivity index (χ0) is 17.7. The molecule has 2 aromatic rings. The molecule has 2 heterocycles. The quantitative estimate of drug-likeness (QED) is 0.712. The molecule has 1 aliphatic rings. The molecule has 0 aromatic carbocycles. The van der Waals surface area contributed by atoms with Crippen LogP contribution in [0.15, 0.2) is 0 Å². The number of carbonyl (C=O) groups is 2. The predicted octanol–water partition coefficient (Wildman–Crippen LogP) is 0.0596. The standard InChI is InChI=1S/C11H10F3N7O3/c1-4-15-5(6(22)17-10(2-3-10)8(23)24)20-21(4)9-16-7(18-19-9)11(12,13)14/h2-3H2,1H3,(H,17,22)(H,23,24)(H,16,18,19). The summed E-state index contributed by atoms with van der Waals surface area (Å²) in [4.78, 5) is 30.1. The smallest absolute Gasteiger partial charge is 0.451 e. The second-order valence-electron chi connectivity index (χ2n) is 5.22. The largest absolute Gasteiger partial charge is 0.480 e. The van der Waals surface area contributed by atoms with Crippen LogP contribution in [0.1, 0.15) is 35.1 Å². The molecule has 1 amide bonds. The van der Waals surface area contributed by atoms with E-state index >= 15 is 0 Å². The molecule has 1 fully saturated rings. The lowest BCUT2D eigenvalue weighted by Crippen LogP contribution is -2.43. The van der Waals surface area contributed by atoms with Crippen LogP contribution in [0.4, 0.5) is 13.2 Å². The summed E-state index contributed by atoms with van der Waals surface area (Å²) in [6, 6.07) is 0. The number of rotatable bonds is 4. The summed E-state index contributed by atoms with van der Waals surface area (Å²) in [5, 5.41) is 20.2. The first-order valence-corrected chi connectivity index (χ1v) is 6.62. The van der Waals surface area contributed by atoms with E-state index in [0.717, 1.165) is 4.68 Å². The van der Waals surface area contributed by atoms with Gasteiger partial charge in [0.2, 0.25) is 11.6 Å². The van der Waals surface area contributed by atoms with Crippen molar-refractivity contribution in [2.75, 3.05) is 0 Å². The van der Waals surface area contributed by atoms with Gasteiger partial charge in [-0.2, -0.15) is 22.8 Å². The Hall–Kier alpha value is -2.99. The molecule has 24 heavy (non-hydrogen) atoms. The van der Waals surface area contributed by atoms with Crippen molar-refractivity contribution >= 4 is 11.9 Å². The highest BCUT2D eigenvalue weighted by atomic mass is 19.4. The second-order valence-corrected chi connectivity index (χ2v) is 5.22. The van der Waals surface area contributed by atoms with E-state index in [9.17, 15) is 22.8 Å². The van der Waals surface area contributed by atoms with Gasteiger partial charge in [-0.3, -0.25) is 9.89 Å². The Morgan fingerprint density at radius 1 is 1.33 bits per heavy atom. The lowest BCUT2D eigenvalue weighted by atomic mass is 10.3. The van der Waals surface area contributed by atoms with E-state index in [-0.39, 0.29) is 18.7 Å². The number of H-pyrrole nitrogens is 1. The van der Waals surface area contributed by atoms with E-state index in [2.05, 4.69) is 25.5 Å². The van der Waals surface area contributed by atoms with Crippen LogP contribution >= 0.6 is 0 Å². The zero-order valence-electron chi connectivity index (χ0n) is 12.0. The third-order valence-electron chi connectivity index (χ3n) is 3.42. The van der Waals surface area contributed by atoms with Gasteiger partial charge >= 0.3 is 12.1 Å². The number of nitrogens with one attached hydrogen (secondary N) is 2. The third kappa shape index (κ3) is 2.68. The molecule has 128 valence electrons. The molecule has 0 saturated heterocycles. The van der Waals surface area contributed by atoms with Gasteiger partial charge in [-0.25, -0.2) is 9.78 Å². The monoisotopic (exact) mass is 345 g/mol. The molecular formula is C11H10F3N7O3. The Balaban J connectivity index is 1.84. The number of aryl methyl sites for hydroxylation is 1. The number of amides is 1. The second kappa shape index (κ2) is 5.01. The van der Waals surface area contributed by atoms with E-state index in [0.29, 0.717) is 0 Å². The van der Waals surface area contributed by atoms with Crippen molar-refractivity contribution in [3.05, 3.63) is 17.5 Å².